The van der Waals surface area contributed by atoms with Crippen LogP contribution in [0.15, 0.2) is 18.3 Å². The zero-order valence-electron chi connectivity index (χ0n) is 10.1. The van der Waals surface area contributed by atoms with Crippen molar-refractivity contribution >= 4 is 23.2 Å². The smallest absolute Gasteiger partial charge is 0.129 e. The molecule has 0 aromatic carbocycles. The molecule has 0 bridgehead atoms. The number of pyridine rings is 1. The molecule has 0 amide bonds. The minimum atomic E-state index is -0.683. The molecule has 0 saturated carbocycles. The lowest BCUT2D eigenvalue weighted by Crippen LogP contribution is -2.07. The molecule has 6 heteroatoms. The SMILES string of the molecule is Cc1nn(C)c(CC(O)c2ccnc(Cl)c2)c1Cl. The highest BCUT2D eigenvalue weighted by Crippen LogP contribution is 2.26. The Labute approximate surface area is 115 Å². The van der Waals surface area contributed by atoms with Gasteiger partial charge in [0.05, 0.1) is 22.5 Å². The molecular weight excluding hydrogens is 273 g/mol. The van der Waals surface area contributed by atoms with Crippen LogP contribution in [-0.2, 0) is 13.5 Å². The van der Waals surface area contributed by atoms with Crippen LogP contribution in [0.3, 0.4) is 0 Å². The average Bonchev–Trinajstić information content (AvgIpc) is 2.56. The van der Waals surface area contributed by atoms with Crippen molar-refractivity contribution in [1.82, 2.24) is 14.8 Å². The predicted octanol–water partition coefficient (Wildman–Crippen LogP) is 2.71. The molecule has 2 heterocycles. The largest absolute Gasteiger partial charge is 0.388 e. The minimum Gasteiger partial charge on any atom is -0.388 e. The number of aliphatic hydroxyl groups is 1. The Morgan fingerprint density at radius 1 is 1.44 bits per heavy atom. The number of hydrogen-bond acceptors (Lipinski definition) is 3. The van der Waals surface area contributed by atoms with E-state index < -0.39 is 6.10 Å². The zero-order chi connectivity index (χ0) is 13.3. The number of aliphatic hydroxyl groups excluding tert-OH is 1. The molecule has 1 unspecified atom stereocenters. The average molecular weight is 286 g/mol. The van der Waals surface area contributed by atoms with Crippen LogP contribution in [0.4, 0.5) is 0 Å². The summed E-state index contributed by atoms with van der Waals surface area (Å²) in [7, 11) is 1.81. The second-order valence-electron chi connectivity index (χ2n) is 4.10. The minimum absolute atomic E-state index is 0.360. The van der Waals surface area contributed by atoms with Gasteiger partial charge < -0.3 is 5.11 Å². The predicted molar refractivity (Wildman–Crippen MR) is 70.9 cm³/mol. The van der Waals surface area contributed by atoms with E-state index in [0.717, 1.165) is 11.4 Å². The van der Waals surface area contributed by atoms with Gasteiger partial charge in [-0.3, -0.25) is 4.68 Å². The van der Waals surface area contributed by atoms with Crippen molar-refractivity contribution in [2.24, 2.45) is 7.05 Å². The molecule has 0 radical (unpaired) electrons. The summed E-state index contributed by atoms with van der Waals surface area (Å²) in [5, 5.41) is 15.3. The molecular formula is C12H13Cl2N3O. The van der Waals surface area contributed by atoms with Crippen molar-refractivity contribution in [3.8, 4) is 0 Å². The number of aryl methyl sites for hydroxylation is 2. The summed E-state index contributed by atoms with van der Waals surface area (Å²) in [5.74, 6) is 0. The molecule has 96 valence electrons. The van der Waals surface area contributed by atoms with Gasteiger partial charge in [-0.25, -0.2) is 4.98 Å². The highest BCUT2D eigenvalue weighted by molar-refractivity contribution is 6.31. The Morgan fingerprint density at radius 2 is 2.17 bits per heavy atom. The Morgan fingerprint density at radius 3 is 2.72 bits per heavy atom. The monoisotopic (exact) mass is 285 g/mol. The lowest BCUT2D eigenvalue weighted by molar-refractivity contribution is 0.175. The number of hydrogen-bond donors (Lipinski definition) is 1. The molecule has 1 N–H and O–H groups in total. The number of nitrogens with zero attached hydrogens (tertiary/aromatic N) is 3. The van der Waals surface area contributed by atoms with E-state index in [0.29, 0.717) is 22.2 Å². The van der Waals surface area contributed by atoms with E-state index in [9.17, 15) is 5.11 Å². The van der Waals surface area contributed by atoms with Crippen LogP contribution in [0, 0.1) is 6.92 Å². The maximum absolute atomic E-state index is 10.2. The van der Waals surface area contributed by atoms with Gasteiger partial charge in [0.1, 0.15) is 5.15 Å². The molecule has 4 nitrogen and oxygen atoms in total. The summed E-state index contributed by atoms with van der Waals surface area (Å²) in [6, 6.07) is 3.37. The number of rotatable bonds is 3. The lowest BCUT2D eigenvalue weighted by Gasteiger charge is -2.11. The third-order valence-electron chi connectivity index (χ3n) is 2.78. The molecule has 0 spiro atoms. The van der Waals surface area contributed by atoms with Gasteiger partial charge in [-0.05, 0) is 24.6 Å². The van der Waals surface area contributed by atoms with Crippen LogP contribution in [0.2, 0.25) is 10.2 Å². The molecule has 0 aliphatic rings. The zero-order valence-corrected chi connectivity index (χ0v) is 11.6. The lowest BCUT2D eigenvalue weighted by atomic mass is 10.1. The topological polar surface area (TPSA) is 50.9 Å². The number of aromatic nitrogens is 3. The molecule has 2 rings (SSSR count). The van der Waals surface area contributed by atoms with Gasteiger partial charge in [0.25, 0.3) is 0 Å². The molecule has 18 heavy (non-hydrogen) atoms. The highest BCUT2D eigenvalue weighted by atomic mass is 35.5. The molecule has 0 saturated heterocycles. The normalized spacial score (nSPS) is 12.7. The van der Waals surface area contributed by atoms with Crippen molar-refractivity contribution in [2.75, 3.05) is 0 Å². The second kappa shape index (κ2) is 5.26. The van der Waals surface area contributed by atoms with E-state index in [2.05, 4.69) is 10.1 Å². The summed E-state index contributed by atoms with van der Waals surface area (Å²) in [4.78, 5) is 3.88. The fraction of sp³-hybridized carbons (Fsp3) is 0.333. The Hall–Kier alpha value is -1.10. The first kappa shape index (κ1) is 13.3. The first-order valence-corrected chi connectivity index (χ1v) is 6.22. The van der Waals surface area contributed by atoms with E-state index in [-0.39, 0.29) is 0 Å². The van der Waals surface area contributed by atoms with Crippen LogP contribution in [-0.4, -0.2) is 19.9 Å². The van der Waals surface area contributed by atoms with Crippen LogP contribution in [0.5, 0.6) is 0 Å². The van der Waals surface area contributed by atoms with Crippen LogP contribution in [0.1, 0.15) is 23.1 Å². The van der Waals surface area contributed by atoms with Crippen molar-refractivity contribution in [1.29, 1.82) is 0 Å². The fourth-order valence-corrected chi connectivity index (χ4v) is 2.25. The summed E-state index contributed by atoms with van der Waals surface area (Å²) < 4.78 is 1.68. The molecule has 2 aromatic rings. The van der Waals surface area contributed by atoms with Crippen LogP contribution in [0.25, 0.3) is 0 Å². The van der Waals surface area contributed by atoms with E-state index >= 15 is 0 Å². The van der Waals surface area contributed by atoms with Crippen molar-refractivity contribution in [3.05, 3.63) is 45.5 Å². The van der Waals surface area contributed by atoms with E-state index in [4.69, 9.17) is 23.2 Å². The fourth-order valence-electron chi connectivity index (χ4n) is 1.83. The molecule has 2 aromatic heterocycles. The Bertz CT molecular complexity index is 568. The van der Waals surface area contributed by atoms with Gasteiger partial charge in [0.15, 0.2) is 0 Å². The van der Waals surface area contributed by atoms with Gasteiger partial charge in [-0.2, -0.15) is 5.10 Å². The summed E-state index contributed by atoms with van der Waals surface area (Å²) in [5.41, 5.74) is 2.27. The molecule has 0 aliphatic carbocycles. The Kier molecular flexibility index (Phi) is 3.90. The standard InChI is InChI=1S/C12H13Cl2N3O/c1-7-12(14)9(17(2)16-7)6-10(18)8-3-4-15-11(13)5-8/h3-5,10,18H,6H2,1-2H3. The van der Waals surface area contributed by atoms with E-state index in [1.807, 2.05) is 6.92 Å². The first-order valence-electron chi connectivity index (χ1n) is 5.46. The second-order valence-corrected chi connectivity index (χ2v) is 4.87. The van der Waals surface area contributed by atoms with Crippen molar-refractivity contribution in [3.63, 3.8) is 0 Å². The summed E-state index contributed by atoms with van der Waals surface area (Å²) in [6.07, 6.45) is 1.27. The molecule has 1 atom stereocenters. The van der Waals surface area contributed by atoms with Crippen LogP contribution >= 0.6 is 23.2 Å². The first-order chi connectivity index (χ1) is 8.49. The number of halogens is 2. The van der Waals surface area contributed by atoms with Gasteiger partial charge in [0, 0.05) is 19.7 Å². The third-order valence-corrected chi connectivity index (χ3v) is 3.48. The maximum atomic E-state index is 10.2. The van der Waals surface area contributed by atoms with Gasteiger partial charge in [0.2, 0.25) is 0 Å². The quantitative estimate of drug-likeness (QED) is 0.883. The van der Waals surface area contributed by atoms with E-state index in [1.165, 1.54) is 0 Å². The summed E-state index contributed by atoms with van der Waals surface area (Å²) in [6.45, 7) is 1.83. The van der Waals surface area contributed by atoms with Gasteiger partial charge in [-0.15, -0.1) is 0 Å². The van der Waals surface area contributed by atoms with Crippen molar-refractivity contribution < 1.29 is 5.11 Å². The van der Waals surface area contributed by atoms with Crippen LogP contribution < -0.4 is 0 Å². The maximum Gasteiger partial charge on any atom is 0.129 e. The van der Waals surface area contributed by atoms with Gasteiger partial charge >= 0.3 is 0 Å². The third kappa shape index (κ3) is 2.66. The summed E-state index contributed by atoms with van der Waals surface area (Å²) >= 11 is 11.9. The molecule has 0 fully saturated rings. The Balaban J connectivity index is 2.24. The van der Waals surface area contributed by atoms with E-state index in [1.54, 1.807) is 30.1 Å². The highest BCUT2D eigenvalue weighted by Gasteiger charge is 2.16. The van der Waals surface area contributed by atoms with Crippen molar-refractivity contribution in [2.45, 2.75) is 19.4 Å². The molecule has 0 aliphatic heterocycles. The van der Waals surface area contributed by atoms with Gasteiger partial charge in [-0.1, -0.05) is 23.2 Å².